The summed E-state index contributed by atoms with van der Waals surface area (Å²) >= 11 is 0. The Morgan fingerprint density at radius 1 is 0.952 bits per heavy atom. The third kappa shape index (κ3) is 2.06. The third-order valence-corrected chi connectivity index (χ3v) is 4.63. The molecule has 0 atom stereocenters. The molecule has 0 fully saturated rings. The van der Waals surface area contributed by atoms with Crippen molar-refractivity contribution in [1.82, 2.24) is 0 Å². The Bertz CT molecular complexity index is 743. The van der Waals surface area contributed by atoms with E-state index in [1.807, 2.05) is 12.1 Å². The highest BCUT2D eigenvalue weighted by molar-refractivity contribution is 5.95. The van der Waals surface area contributed by atoms with E-state index in [1.165, 1.54) is 47.9 Å². The van der Waals surface area contributed by atoms with Crippen molar-refractivity contribution in [2.45, 2.75) is 39.2 Å². The van der Waals surface area contributed by atoms with E-state index in [1.54, 1.807) is 6.92 Å². The lowest BCUT2D eigenvalue weighted by atomic mass is 9.86. The number of carbonyl (C=O) groups excluding carboxylic acids is 1. The molecule has 0 amide bonds. The number of ether oxygens (including phenoxy) is 1. The van der Waals surface area contributed by atoms with E-state index in [9.17, 15) is 4.79 Å². The lowest BCUT2D eigenvalue weighted by Gasteiger charge is -2.25. The number of Topliss-reactive ketones (excluding diaryl/α,β-unsaturated/α-hetero) is 1. The van der Waals surface area contributed by atoms with Gasteiger partial charge in [0.1, 0.15) is 12.4 Å². The van der Waals surface area contributed by atoms with Crippen LogP contribution in [0.25, 0.3) is 11.1 Å². The molecule has 1 aliphatic heterocycles. The molecule has 2 heteroatoms. The first-order valence-electron chi connectivity index (χ1n) is 7.65. The molecule has 0 spiro atoms. The molecule has 2 aromatic rings. The van der Waals surface area contributed by atoms with Crippen LogP contribution in [0.1, 0.15) is 46.8 Å². The molecule has 0 saturated carbocycles. The number of ketones is 1. The maximum atomic E-state index is 11.5. The monoisotopic (exact) mass is 278 g/mol. The van der Waals surface area contributed by atoms with Gasteiger partial charge in [0.15, 0.2) is 5.78 Å². The van der Waals surface area contributed by atoms with E-state index in [0.29, 0.717) is 6.61 Å². The molecule has 0 saturated heterocycles. The summed E-state index contributed by atoms with van der Waals surface area (Å²) in [6.07, 6.45) is 4.90. The van der Waals surface area contributed by atoms with Crippen LogP contribution in [0.15, 0.2) is 30.3 Å². The van der Waals surface area contributed by atoms with Crippen molar-refractivity contribution < 1.29 is 9.53 Å². The van der Waals surface area contributed by atoms with Gasteiger partial charge in [-0.05, 0) is 73.1 Å². The molecule has 0 unspecified atom stereocenters. The average Bonchev–Trinajstić information content (AvgIpc) is 2.52. The summed E-state index contributed by atoms with van der Waals surface area (Å²) in [6, 6.07) is 10.5. The molecule has 0 radical (unpaired) electrons. The fourth-order valence-corrected chi connectivity index (χ4v) is 3.44. The average molecular weight is 278 g/mol. The summed E-state index contributed by atoms with van der Waals surface area (Å²) in [4.78, 5) is 11.5. The summed E-state index contributed by atoms with van der Waals surface area (Å²) in [6.45, 7) is 2.16. The molecule has 1 heterocycles. The fourth-order valence-electron chi connectivity index (χ4n) is 3.44. The van der Waals surface area contributed by atoms with Crippen LogP contribution in [0.5, 0.6) is 5.75 Å². The third-order valence-electron chi connectivity index (χ3n) is 4.63. The van der Waals surface area contributed by atoms with Crippen LogP contribution >= 0.6 is 0 Å². The SMILES string of the molecule is CC(=O)c1ccc2c(c1)COc1cc3c(cc1-2)CCCC3. The van der Waals surface area contributed by atoms with Crippen molar-refractivity contribution in [3.8, 4) is 16.9 Å². The molecule has 2 nitrogen and oxygen atoms in total. The Morgan fingerprint density at radius 3 is 2.48 bits per heavy atom. The predicted molar refractivity (Wildman–Crippen MR) is 82.9 cm³/mol. The number of rotatable bonds is 1. The molecule has 0 N–H and O–H groups in total. The quantitative estimate of drug-likeness (QED) is 0.726. The van der Waals surface area contributed by atoms with Crippen LogP contribution in [0, 0.1) is 0 Å². The summed E-state index contributed by atoms with van der Waals surface area (Å²) < 4.78 is 5.94. The second kappa shape index (κ2) is 4.73. The summed E-state index contributed by atoms with van der Waals surface area (Å²) in [7, 11) is 0. The van der Waals surface area contributed by atoms with Gasteiger partial charge >= 0.3 is 0 Å². The van der Waals surface area contributed by atoms with Gasteiger partial charge in [-0.2, -0.15) is 0 Å². The number of hydrogen-bond acceptors (Lipinski definition) is 2. The standard InChI is InChI=1S/C19H18O2/c1-12(20)13-6-7-17-16(8-13)11-21-19-10-15-5-3-2-4-14(15)9-18(17)19/h6-10H,2-5,11H2,1H3. The zero-order valence-electron chi connectivity index (χ0n) is 12.2. The van der Waals surface area contributed by atoms with E-state index < -0.39 is 0 Å². The van der Waals surface area contributed by atoms with Gasteiger partial charge in [-0.1, -0.05) is 12.1 Å². The molecular formula is C19H18O2. The first kappa shape index (κ1) is 12.6. The van der Waals surface area contributed by atoms with Gasteiger partial charge in [0.2, 0.25) is 0 Å². The van der Waals surface area contributed by atoms with Gasteiger partial charge in [0.25, 0.3) is 0 Å². The molecule has 21 heavy (non-hydrogen) atoms. The molecule has 2 aromatic carbocycles. The van der Waals surface area contributed by atoms with E-state index in [2.05, 4.69) is 18.2 Å². The van der Waals surface area contributed by atoms with Crippen molar-refractivity contribution in [1.29, 1.82) is 0 Å². The van der Waals surface area contributed by atoms with E-state index >= 15 is 0 Å². The number of hydrogen-bond donors (Lipinski definition) is 0. The maximum absolute atomic E-state index is 11.5. The molecular weight excluding hydrogens is 260 g/mol. The van der Waals surface area contributed by atoms with Crippen molar-refractivity contribution in [2.75, 3.05) is 0 Å². The molecule has 0 bridgehead atoms. The van der Waals surface area contributed by atoms with Gasteiger partial charge in [-0.25, -0.2) is 0 Å². The highest BCUT2D eigenvalue weighted by atomic mass is 16.5. The van der Waals surface area contributed by atoms with Crippen LogP contribution in [0.3, 0.4) is 0 Å². The number of aryl methyl sites for hydroxylation is 2. The lowest BCUT2D eigenvalue weighted by molar-refractivity contribution is 0.101. The summed E-state index contributed by atoms with van der Waals surface area (Å²) in [5.74, 6) is 1.10. The fraction of sp³-hybridized carbons (Fsp3) is 0.316. The maximum Gasteiger partial charge on any atom is 0.159 e. The zero-order valence-corrected chi connectivity index (χ0v) is 12.2. The summed E-state index contributed by atoms with van der Waals surface area (Å²) in [5.41, 5.74) is 7.20. The Hall–Kier alpha value is -2.09. The smallest absolute Gasteiger partial charge is 0.159 e. The topological polar surface area (TPSA) is 26.3 Å². The normalized spacial score (nSPS) is 15.5. The predicted octanol–water partition coefficient (Wildman–Crippen LogP) is 4.33. The number of benzene rings is 2. The number of fused-ring (bicyclic) bond motifs is 4. The molecule has 0 aromatic heterocycles. The zero-order chi connectivity index (χ0) is 14.4. The first-order chi connectivity index (χ1) is 10.2. The largest absolute Gasteiger partial charge is 0.488 e. The minimum absolute atomic E-state index is 0.106. The Labute approximate surface area is 124 Å². The van der Waals surface area contributed by atoms with Crippen LogP contribution in [0.4, 0.5) is 0 Å². The Morgan fingerprint density at radius 2 is 1.71 bits per heavy atom. The lowest BCUT2D eigenvalue weighted by Crippen LogP contribution is -2.10. The van der Waals surface area contributed by atoms with Gasteiger partial charge in [0, 0.05) is 11.1 Å². The van der Waals surface area contributed by atoms with Crippen molar-refractivity contribution in [3.05, 3.63) is 52.6 Å². The van der Waals surface area contributed by atoms with Crippen LogP contribution in [0.2, 0.25) is 0 Å². The number of carbonyl (C=O) groups is 1. The molecule has 2 aliphatic rings. The van der Waals surface area contributed by atoms with Crippen LogP contribution in [-0.2, 0) is 19.4 Å². The Kier molecular flexibility index (Phi) is 2.85. The molecule has 1 aliphatic carbocycles. The van der Waals surface area contributed by atoms with Gasteiger partial charge < -0.3 is 4.74 Å². The highest BCUT2D eigenvalue weighted by Crippen LogP contribution is 2.41. The van der Waals surface area contributed by atoms with Crippen molar-refractivity contribution in [3.63, 3.8) is 0 Å². The molecule has 4 rings (SSSR count). The second-order valence-electron chi connectivity index (χ2n) is 6.04. The minimum atomic E-state index is 0.106. The highest BCUT2D eigenvalue weighted by Gasteiger charge is 2.21. The molecule has 106 valence electrons. The van der Waals surface area contributed by atoms with Crippen molar-refractivity contribution in [2.24, 2.45) is 0 Å². The van der Waals surface area contributed by atoms with Crippen LogP contribution < -0.4 is 4.74 Å². The van der Waals surface area contributed by atoms with E-state index in [-0.39, 0.29) is 5.78 Å². The van der Waals surface area contributed by atoms with Gasteiger partial charge in [-0.15, -0.1) is 0 Å². The van der Waals surface area contributed by atoms with Gasteiger partial charge in [-0.3, -0.25) is 4.79 Å². The van der Waals surface area contributed by atoms with E-state index in [0.717, 1.165) is 16.9 Å². The first-order valence-corrected chi connectivity index (χ1v) is 7.65. The Balaban J connectivity index is 1.86. The minimum Gasteiger partial charge on any atom is -0.488 e. The van der Waals surface area contributed by atoms with Crippen molar-refractivity contribution >= 4 is 5.78 Å². The van der Waals surface area contributed by atoms with E-state index in [4.69, 9.17) is 4.74 Å². The second-order valence-corrected chi connectivity index (χ2v) is 6.04. The summed E-state index contributed by atoms with van der Waals surface area (Å²) in [5, 5.41) is 0. The van der Waals surface area contributed by atoms with Crippen LogP contribution in [-0.4, -0.2) is 5.78 Å². The van der Waals surface area contributed by atoms with Gasteiger partial charge in [0.05, 0.1) is 0 Å².